The lowest BCUT2D eigenvalue weighted by Crippen LogP contribution is -2.39. The quantitative estimate of drug-likeness (QED) is 0.384. The molecule has 0 aliphatic heterocycles. The van der Waals surface area contributed by atoms with E-state index in [9.17, 15) is 0 Å². The van der Waals surface area contributed by atoms with Crippen LogP contribution in [0.15, 0.2) is 4.99 Å². The molecular formula is C15H31IN6. The first-order valence-electron chi connectivity index (χ1n) is 7.91. The molecule has 0 radical (unpaired) electrons. The molecular weight excluding hydrogens is 391 g/mol. The summed E-state index contributed by atoms with van der Waals surface area (Å²) < 4.78 is 1.98. The Kier molecular flexibility index (Phi) is 11.2. The zero-order chi connectivity index (χ0) is 15.7. The van der Waals surface area contributed by atoms with Crippen LogP contribution in [0.4, 0.5) is 0 Å². The van der Waals surface area contributed by atoms with Gasteiger partial charge in [0.05, 0.1) is 6.54 Å². The Bertz CT molecular complexity index is 443. The second-order valence-electron chi connectivity index (χ2n) is 5.45. The third-order valence-electron chi connectivity index (χ3n) is 3.92. The number of hydrogen-bond donors (Lipinski definition) is 2. The molecule has 6 nitrogen and oxygen atoms in total. The van der Waals surface area contributed by atoms with E-state index in [1.165, 1.54) is 25.7 Å². The number of unbranched alkanes of at least 4 members (excludes halogenated alkanes) is 1. The monoisotopic (exact) mass is 422 g/mol. The van der Waals surface area contributed by atoms with Crippen LogP contribution in [0.2, 0.25) is 0 Å². The first-order valence-corrected chi connectivity index (χ1v) is 7.91. The van der Waals surface area contributed by atoms with E-state index in [1.54, 1.807) is 7.05 Å². The Hall–Kier alpha value is -0.860. The summed E-state index contributed by atoms with van der Waals surface area (Å²) in [5.74, 6) is 3.36. The van der Waals surface area contributed by atoms with E-state index in [0.29, 0.717) is 12.5 Å². The van der Waals surface area contributed by atoms with E-state index in [1.807, 2.05) is 18.5 Å². The van der Waals surface area contributed by atoms with E-state index in [4.69, 9.17) is 0 Å². The Labute approximate surface area is 151 Å². The molecule has 1 rings (SSSR count). The highest BCUT2D eigenvalue weighted by Gasteiger charge is 2.08. The summed E-state index contributed by atoms with van der Waals surface area (Å²) in [6.07, 6.45) is 5.03. The molecule has 7 heteroatoms. The van der Waals surface area contributed by atoms with Crippen LogP contribution in [0, 0.1) is 12.8 Å². The van der Waals surface area contributed by atoms with Gasteiger partial charge in [-0.05, 0) is 19.3 Å². The van der Waals surface area contributed by atoms with Crippen molar-refractivity contribution >= 4 is 29.9 Å². The van der Waals surface area contributed by atoms with E-state index in [-0.39, 0.29) is 24.0 Å². The first kappa shape index (κ1) is 21.1. The lowest BCUT2D eigenvalue weighted by molar-refractivity contribution is 0.443. The molecule has 22 heavy (non-hydrogen) atoms. The van der Waals surface area contributed by atoms with Gasteiger partial charge in [-0.3, -0.25) is 4.99 Å². The van der Waals surface area contributed by atoms with Crippen LogP contribution >= 0.6 is 24.0 Å². The number of aliphatic imine (C=N–C) groups is 1. The van der Waals surface area contributed by atoms with Crippen molar-refractivity contribution in [2.45, 2.75) is 53.0 Å². The molecule has 0 spiro atoms. The number of aryl methyl sites for hydroxylation is 1. The molecule has 0 saturated carbocycles. The average molecular weight is 422 g/mol. The van der Waals surface area contributed by atoms with E-state index < -0.39 is 0 Å². The van der Waals surface area contributed by atoms with Crippen LogP contribution in [0.1, 0.15) is 51.2 Å². The molecule has 1 atom stereocenters. The number of rotatable bonds is 8. The van der Waals surface area contributed by atoms with Gasteiger partial charge in [0.25, 0.3) is 0 Å². The number of aromatic nitrogens is 3. The summed E-state index contributed by atoms with van der Waals surface area (Å²) in [6, 6.07) is 0. The van der Waals surface area contributed by atoms with Gasteiger partial charge in [-0.15, -0.1) is 34.2 Å². The van der Waals surface area contributed by atoms with Crippen molar-refractivity contribution in [2.24, 2.45) is 18.0 Å². The van der Waals surface area contributed by atoms with Crippen LogP contribution in [-0.4, -0.2) is 34.3 Å². The molecule has 0 saturated heterocycles. The third-order valence-corrected chi connectivity index (χ3v) is 3.92. The third kappa shape index (κ3) is 6.93. The highest BCUT2D eigenvalue weighted by Crippen LogP contribution is 2.11. The summed E-state index contributed by atoms with van der Waals surface area (Å²) in [5, 5.41) is 14.9. The Morgan fingerprint density at radius 2 is 2.00 bits per heavy atom. The lowest BCUT2D eigenvalue weighted by atomic mass is 9.99. The van der Waals surface area contributed by atoms with Crippen molar-refractivity contribution in [2.75, 3.05) is 13.6 Å². The number of halogens is 1. The number of nitrogens with one attached hydrogen (secondary N) is 2. The fourth-order valence-electron chi connectivity index (χ4n) is 2.17. The van der Waals surface area contributed by atoms with Crippen molar-refractivity contribution in [1.29, 1.82) is 0 Å². The van der Waals surface area contributed by atoms with Gasteiger partial charge >= 0.3 is 0 Å². The summed E-state index contributed by atoms with van der Waals surface area (Å²) in [7, 11) is 3.77. The second-order valence-corrected chi connectivity index (χ2v) is 5.45. The second kappa shape index (κ2) is 11.7. The van der Waals surface area contributed by atoms with Crippen molar-refractivity contribution in [3.63, 3.8) is 0 Å². The van der Waals surface area contributed by atoms with E-state index in [2.05, 4.69) is 39.7 Å². The zero-order valence-corrected chi connectivity index (χ0v) is 16.8. The van der Waals surface area contributed by atoms with Gasteiger partial charge in [-0.25, -0.2) is 0 Å². The standard InChI is InChI=1S/C15H30N6.HI/c1-6-8-9-13(7-2)10-17-15(16-4)18-11-14-20-19-12(3)21(14)5;/h13H,6-11H2,1-5H3,(H2,16,17,18);1H. The number of guanidine groups is 1. The van der Waals surface area contributed by atoms with Gasteiger partial charge in [-0.1, -0.05) is 33.1 Å². The smallest absolute Gasteiger partial charge is 0.191 e. The molecule has 1 heterocycles. The molecule has 2 N–H and O–H groups in total. The maximum absolute atomic E-state index is 4.26. The lowest BCUT2D eigenvalue weighted by Gasteiger charge is -2.17. The molecule has 128 valence electrons. The summed E-state index contributed by atoms with van der Waals surface area (Å²) in [4.78, 5) is 4.26. The molecule has 0 bridgehead atoms. The van der Waals surface area contributed by atoms with Crippen LogP contribution < -0.4 is 10.6 Å². The summed E-state index contributed by atoms with van der Waals surface area (Å²) >= 11 is 0. The van der Waals surface area contributed by atoms with Crippen molar-refractivity contribution in [3.05, 3.63) is 11.6 Å². The SMILES string of the molecule is CCCCC(CC)CNC(=NC)NCc1nnc(C)n1C.I. The highest BCUT2D eigenvalue weighted by atomic mass is 127. The predicted octanol–water partition coefficient (Wildman–Crippen LogP) is 2.62. The van der Waals surface area contributed by atoms with Crippen LogP contribution in [-0.2, 0) is 13.6 Å². The van der Waals surface area contributed by atoms with Crippen LogP contribution in [0.5, 0.6) is 0 Å². The zero-order valence-electron chi connectivity index (χ0n) is 14.5. The first-order chi connectivity index (χ1) is 10.1. The van der Waals surface area contributed by atoms with E-state index in [0.717, 1.165) is 24.2 Å². The van der Waals surface area contributed by atoms with Gasteiger partial charge in [-0.2, -0.15) is 0 Å². The summed E-state index contributed by atoms with van der Waals surface area (Å²) in [6.45, 7) is 8.03. The van der Waals surface area contributed by atoms with Crippen molar-refractivity contribution in [1.82, 2.24) is 25.4 Å². The molecule has 0 amide bonds. The Morgan fingerprint density at radius 3 is 2.50 bits per heavy atom. The van der Waals surface area contributed by atoms with Crippen LogP contribution in [0.3, 0.4) is 0 Å². The Morgan fingerprint density at radius 1 is 1.27 bits per heavy atom. The molecule has 0 aliphatic carbocycles. The van der Waals surface area contributed by atoms with Gasteiger partial charge in [0, 0.05) is 20.6 Å². The molecule has 0 aromatic carbocycles. The molecule has 1 unspecified atom stereocenters. The molecule has 0 fully saturated rings. The maximum Gasteiger partial charge on any atom is 0.191 e. The number of nitrogens with zero attached hydrogens (tertiary/aromatic N) is 4. The largest absolute Gasteiger partial charge is 0.356 e. The fourth-order valence-corrected chi connectivity index (χ4v) is 2.17. The summed E-state index contributed by atoms with van der Waals surface area (Å²) in [5.41, 5.74) is 0. The van der Waals surface area contributed by atoms with Crippen molar-refractivity contribution < 1.29 is 0 Å². The maximum atomic E-state index is 4.26. The minimum Gasteiger partial charge on any atom is -0.356 e. The van der Waals surface area contributed by atoms with Gasteiger partial charge < -0.3 is 15.2 Å². The van der Waals surface area contributed by atoms with Gasteiger partial charge in [0.15, 0.2) is 11.8 Å². The number of hydrogen-bond acceptors (Lipinski definition) is 3. The average Bonchev–Trinajstić information content (AvgIpc) is 2.82. The minimum atomic E-state index is 0. The molecule has 0 aliphatic rings. The molecule has 1 aromatic rings. The van der Waals surface area contributed by atoms with Gasteiger partial charge in [0.1, 0.15) is 5.82 Å². The van der Waals surface area contributed by atoms with E-state index >= 15 is 0 Å². The van der Waals surface area contributed by atoms with Gasteiger partial charge in [0.2, 0.25) is 0 Å². The highest BCUT2D eigenvalue weighted by molar-refractivity contribution is 14.0. The minimum absolute atomic E-state index is 0. The normalized spacial score (nSPS) is 12.7. The predicted molar refractivity (Wildman–Crippen MR) is 103 cm³/mol. The fraction of sp³-hybridized carbons (Fsp3) is 0.800. The molecule has 1 aromatic heterocycles. The van der Waals surface area contributed by atoms with Crippen LogP contribution in [0.25, 0.3) is 0 Å². The topological polar surface area (TPSA) is 67.1 Å². The Balaban J connectivity index is 0.00000441. The van der Waals surface area contributed by atoms with Crippen molar-refractivity contribution in [3.8, 4) is 0 Å².